The summed E-state index contributed by atoms with van der Waals surface area (Å²) in [7, 11) is 0. The molecule has 0 aliphatic carbocycles. The molecule has 2 aromatic carbocycles. The lowest BCUT2D eigenvalue weighted by Crippen LogP contribution is -2.24. The van der Waals surface area contributed by atoms with Crippen LogP contribution in [0.2, 0.25) is 0 Å². The van der Waals surface area contributed by atoms with Crippen molar-refractivity contribution < 1.29 is 4.79 Å². The highest BCUT2D eigenvalue weighted by Crippen LogP contribution is 2.30. The number of nitrogens with one attached hydrogen (secondary N) is 1. The van der Waals surface area contributed by atoms with E-state index in [1.165, 1.54) is 28.7 Å². The predicted molar refractivity (Wildman–Crippen MR) is 120 cm³/mol. The molecule has 0 spiro atoms. The fourth-order valence-corrected chi connectivity index (χ4v) is 4.79. The molecule has 1 atom stereocenters. The van der Waals surface area contributed by atoms with Crippen LogP contribution in [0.5, 0.6) is 0 Å². The highest BCUT2D eigenvalue weighted by molar-refractivity contribution is 8.00. The van der Waals surface area contributed by atoms with E-state index >= 15 is 0 Å². The van der Waals surface area contributed by atoms with Crippen molar-refractivity contribution in [2.45, 2.75) is 30.5 Å². The number of aryl methyl sites for hydroxylation is 1. The van der Waals surface area contributed by atoms with Gasteiger partial charge in [0.1, 0.15) is 11.4 Å². The van der Waals surface area contributed by atoms with Gasteiger partial charge in [0, 0.05) is 5.56 Å². The van der Waals surface area contributed by atoms with E-state index in [9.17, 15) is 4.79 Å². The highest BCUT2D eigenvalue weighted by atomic mass is 32.2. The number of rotatable bonds is 6. The van der Waals surface area contributed by atoms with Crippen LogP contribution in [0.25, 0.3) is 21.5 Å². The molecule has 29 heavy (non-hydrogen) atoms. The summed E-state index contributed by atoms with van der Waals surface area (Å²) in [6.45, 7) is 4.05. The second-order valence-corrected chi connectivity index (χ2v) is 8.86. The molecule has 2 aromatic heterocycles. The van der Waals surface area contributed by atoms with Crippen molar-refractivity contribution in [1.82, 2.24) is 15.0 Å². The number of thiazole rings is 1. The minimum atomic E-state index is -0.262. The number of thioether (sulfide) groups is 1. The van der Waals surface area contributed by atoms with Crippen molar-refractivity contribution in [3.05, 3.63) is 66.5 Å². The molecule has 0 aliphatic heterocycles. The summed E-state index contributed by atoms with van der Waals surface area (Å²) in [5, 5.41) is 4.12. The first kappa shape index (κ1) is 19.5. The lowest BCUT2D eigenvalue weighted by Gasteiger charge is -2.13. The van der Waals surface area contributed by atoms with Gasteiger partial charge in [-0.1, -0.05) is 66.4 Å². The zero-order valence-electron chi connectivity index (χ0n) is 16.1. The number of carbonyl (C=O) groups is 1. The van der Waals surface area contributed by atoms with Crippen LogP contribution in [0.3, 0.4) is 0 Å². The zero-order chi connectivity index (χ0) is 20.2. The summed E-state index contributed by atoms with van der Waals surface area (Å²) < 4.78 is 1.07. The summed E-state index contributed by atoms with van der Waals surface area (Å²) >= 11 is 2.94. The van der Waals surface area contributed by atoms with E-state index in [4.69, 9.17) is 0 Å². The molecule has 0 bridgehead atoms. The average Bonchev–Trinajstić information content (AvgIpc) is 3.14. The Morgan fingerprint density at radius 2 is 1.97 bits per heavy atom. The molecule has 0 saturated carbocycles. The van der Waals surface area contributed by atoms with E-state index < -0.39 is 0 Å². The topological polar surface area (TPSA) is 67.8 Å². The predicted octanol–water partition coefficient (Wildman–Crippen LogP) is 5.57. The second-order valence-electron chi connectivity index (χ2n) is 6.60. The Morgan fingerprint density at radius 1 is 1.14 bits per heavy atom. The second kappa shape index (κ2) is 8.71. The molecule has 1 amide bonds. The first-order valence-corrected chi connectivity index (χ1v) is 11.0. The van der Waals surface area contributed by atoms with Gasteiger partial charge in [-0.3, -0.25) is 4.79 Å². The zero-order valence-corrected chi connectivity index (χ0v) is 17.8. The summed E-state index contributed by atoms with van der Waals surface area (Å²) in [6.07, 6.45) is 2.23. The third kappa shape index (κ3) is 4.63. The van der Waals surface area contributed by atoms with E-state index in [0.29, 0.717) is 11.6 Å². The number of amides is 1. The third-order valence-corrected chi connectivity index (χ3v) is 6.64. The quantitative estimate of drug-likeness (QED) is 0.326. The number of aromatic nitrogens is 3. The number of fused-ring (bicyclic) bond motifs is 1. The van der Waals surface area contributed by atoms with Crippen LogP contribution in [0.15, 0.2) is 66.0 Å². The summed E-state index contributed by atoms with van der Waals surface area (Å²) in [4.78, 5) is 26.1. The smallest absolute Gasteiger partial charge is 0.239 e. The molecule has 0 radical (unpaired) electrons. The Bertz CT molecular complexity index is 1140. The van der Waals surface area contributed by atoms with Gasteiger partial charge in [0.05, 0.1) is 21.2 Å². The number of hydrogen-bond acceptors (Lipinski definition) is 6. The molecule has 0 saturated heterocycles. The number of anilines is 1. The van der Waals surface area contributed by atoms with Gasteiger partial charge < -0.3 is 5.32 Å². The van der Waals surface area contributed by atoms with Crippen LogP contribution in [0.4, 0.5) is 5.13 Å². The van der Waals surface area contributed by atoms with Gasteiger partial charge in [-0.15, -0.1) is 0 Å². The Kier molecular flexibility index (Phi) is 5.87. The Balaban J connectivity index is 1.49. The van der Waals surface area contributed by atoms with Crippen molar-refractivity contribution >= 4 is 44.4 Å². The minimum Gasteiger partial charge on any atom is -0.301 e. The molecule has 5 nitrogen and oxygen atoms in total. The van der Waals surface area contributed by atoms with Gasteiger partial charge in [0.25, 0.3) is 0 Å². The van der Waals surface area contributed by atoms with Gasteiger partial charge >= 0.3 is 0 Å². The van der Waals surface area contributed by atoms with Crippen LogP contribution < -0.4 is 5.32 Å². The molecule has 4 aromatic rings. The van der Waals surface area contributed by atoms with E-state index in [2.05, 4.69) is 26.3 Å². The Hall–Kier alpha value is -2.77. The maximum atomic E-state index is 12.8. The fourth-order valence-electron chi connectivity index (χ4n) is 2.91. The van der Waals surface area contributed by atoms with Crippen LogP contribution in [0, 0.1) is 6.92 Å². The molecule has 4 rings (SSSR count). The first-order chi connectivity index (χ1) is 14.1. The Labute approximate surface area is 177 Å². The van der Waals surface area contributed by atoms with Gasteiger partial charge in [-0.25, -0.2) is 15.0 Å². The van der Waals surface area contributed by atoms with E-state index in [0.717, 1.165) is 26.5 Å². The molecule has 0 aliphatic rings. The van der Waals surface area contributed by atoms with Crippen LogP contribution in [-0.2, 0) is 4.79 Å². The molecule has 1 N–H and O–H groups in total. The standard InChI is InChI=1S/C22H20N4OS2/c1-3-18(21(27)26-22-25-16-10-9-14(2)11-19(16)29-22)28-20-12-17(23-13-24-20)15-7-5-4-6-8-15/h4-13,18H,3H2,1-2H3,(H,25,26,27). The SMILES string of the molecule is CCC(Sc1cc(-c2ccccc2)ncn1)C(=O)Nc1nc2ccc(C)cc2s1. The summed E-state index contributed by atoms with van der Waals surface area (Å²) in [5.74, 6) is -0.0619. The molecule has 1 unspecified atom stereocenters. The van der Waals surface area contributed by atoms with E-state index in [1.807, 2.05) is 62.4 Å². The van der Waals surface area contributed by atoms with Crippen molar-refractivity contribution in [2.75, 3.05) is 5.32 Å². The summed E-state index contributed by atoms with van der Waals surface area (Å²) in [5.41, 5.74) is 3.96. The lowest BCUT2D eigenvalue weighted by molar-refractivity contribution is -0.115. The van der Waals surface area contributed by atoms with Crippen molar-refractivity contribution in [3.63, 3.8) is 0 Å². The van der Waals surface area contributed by atoms with Gasteiger partial charge in [-0.05, 0) is 37.1 Å². The third-order valence-electron chi connectivity index (χ3n) is 4.41. The van der Waals surface area contributed by atoms with Crippen LogP contribution in [0.1, 0.15) is 18.9 Å². The lowest BCUT2D eigenvalue weighted by atomic mass is 10.1. The number of nitrogens with zero attached hydrogens (tertiary/aromatic N) is 3. The molecule has 0 fully saturated rings. The first-order valence-electron chi connectivity index (χ1n) is 9.34. The fraction of sp³-hybridized carbons (Fsp3) is 0.182. The average molecular weight is 421 g/mol. The van der Waals surface area contributed by atoms with Crippen LogP contribution in [-0.4, -0.2) is 26.1 Å². The summed E-state index contributed by atoms with van der Waals surface area (Å²) in [6, 6.07) is 18.0. The molecule has 146 valence electrons. The number of benzene rings is 2. The number of hydrogen-bond donors (Lipinski definition) is 1. The van der Waals surface area contributed by atoms with E-state index in [-0.39, 0.29) is 11.2 Å². The molecular formula is C22H20N4OS2. The van der Waals surface area contributed by atoms with Crippen molar-refractivity contribution in [3.8, 4) is 11.3 Å². The van der Waals surface area contributed by atoms with E-state index in [1.54, 1.807) is 6.33 Å². The maximum Gasteiger partial charge on any atom is 0.239 e. The monoisotopic (exact) mass is 420 g/mol. The Morgan fingerprint density at radius 3 is 2.76 bits per heavy atom. The minimum absolute atomic E-state index is 0.0619. The number of carbonyl (C=O) groups excluding carboxylic acids is 1. The van der Waals surface area contributed by atoms with Crippen molar-refractivity contribution in [1.29, 1.82) is 0 Å². The normalized spacial score (nSPS) is 12.1. The van der Waals surface area contributed by atoms with Gasteiger partial charge in [-0.2, -0.15) is 0 Å². The molecule has 7 heteroatoms. The molecule has 2 heterocycles. The maximum absolute atomic E-state index is 12.8. The van der Waals surface area contributed by atoms with Crippen molar-refractivity contribution in [2.24, 2.45) is 0 Å². The largest absolute Gasteiger partial charge is 0.301 e. The van der Waals surface area contributed by atoms with Crippen LogP contribution >= 0.6 is 23.1 Å². The highest BCUT2D eigenvalue weighted by Gasteiger charge is 2.20. The van der Waals surface area contributed by atoms with Gasteiger partial charge in [0.2, 0.25) is 5.91 Å². The van der Waals surface area contributed by atoms with Gasteiger partial charge in [0.15, 0.2) is 5.13 Å². The molecular weight excluding hydrogens is 400 g/mol.